The van der Waals surface area contributed by atoms with E-state index in [1.54, 1.807) is 6.92 Å². The van der Waals surface area contributed by atoms with E-state index in [-0.39, 0.29) is 28.6 Å². The molecule has 1 saturated heterocycles. The van der Waals surface area contributed by atoms with Gasteiger partial charge in [-0.15, -0.1) is 0 Å². The zero-order chi connectivity index (χ0) is 33.8. The molecule has 5 fully saturated rings. The molecule has 6 rings (SSSR count). The van der Waals surface area contributed by atoms with E-state index in [0.717, 1.165) is 12.0 Å². The second kappa shape index (κ2) is 11.1. The Balaban J connectivity index is 1.36. The summed E-state index contributed by atoms with van der Waals surface area (Å²) in [5.41, 5.74) is -1.37. The van der Waals surface area contributed by atoms with Gasteiger partial charge in [-0.3, -0.25) is 9.59 Å². The summed E-state index contributed by atoms with van der Waals surface area (Å²) in [5, 5.41) is 73.2. The number of hydrogen-bond donors (Lipinski definition) is 7. The van der Waals surface area contributed by atoms with E-state index in [1.807, 2.05) is 0 Å². The van der Waals surface area contributed by atoms with E-state index in [9.17, 15) is 45.3 Å². The molecule has 11 nitrogen and oxygen atoms in total. The van der Waals surface area contributed by atoms with Gasteiger partial charge < -0.3 is 45.2 Å². The lowest BCUT2D eigenvalue weighted by molar-refractivity contribution is -0.297. The molecule has 0 aromatic rings. The summed E-state index contributed by atoms with van der Waals surface area (Å²) in [6, 6.07) is 0. The van der Waals surface area contributed by atoms with Gasteiger partial charge in [0, 0.05) is 5.92 Å². The Kier molecular flexibility index (Phi) is 8.20. The topological polar surface area (TPSA) is 194 Å². The van der Waals surface area contributed by atoms with Crippen molar-refractivity contribution in [3.05, 3.63) is 23.8 Å². The van der Waals surface area contributed by atoms with Crippen molar-refractivity contribution in [3.8, 4) is 0 Å². The van der Waals surface area contributed by atoms with Crippen molar-refractivity contribution < 1.29 is 54.8 Å². The van der Waals surface area contributed by atoms with Gasteiger partial charge in [-0.05, 0) is 92.8 Å². The summed E-state index contributed by atoms with van der Waals surface area (Å²) >= 11 is 0. The molecule has 1 heterocycles. The first-order valence-corrected chi connectivity index (χ1v) is 16.9. The fourth-order valence-electron chi connectivity index (χ4n) is 11.7. The van der Waals surface area contributed by atoms with E-state index in [2.05, 4.69) is 33.4 Å². The first-order chi connectivity index (χ1) is 21.4. The number of carbonyl (C=O) groups is 2. The molecule has 0 aromatic heterocycles. The third-order valence-electron chi connectivity index (χ3n) is 14.6. The summed E-state index contributed by atoms with van der Waals surface area (Å²) in [6.07, 6.45) is -2.70. The molecule has 0 bridgehead atoms. The number of allylic oxidation sites excluding steroid dienone is 3. The molecule has 0 aromatic carbocycles. The molecule has 46 heavy (non-hydrogen) atoms. The third-order valence-corrected chi connectivity index (χ3v) is 14.6. The van der Waals surface area contributed by atoms with Gasteiger partial charge in [0.2, 0.25) is 6.29 Å². The number of esters is 1. The van der Waals surface area contributed by atoms with E-state index >= 15 is 0 Å². The SMILES string of the molecule is C=C1CCC2(C(=O)OC3OC(CO)C(O)C(O)C3O)CCC3(C)C(=CCC4C5(C)CC(O)C(O)C(C)(C(=O)O)C5CCC43C)C2C1. The van der Waals surface area contributed by atoms with Gasteiger partial charge in [0.25, 0.3) is 0 Å². The minimum absolute atomic E-state index is 0.0358. The number of carbonyl (C=O) groups excluding carboxylic acids is 1. The molecule has 0 amide bonds. The lowest BCUT2D eigenvalue weighted by Crippen LogP contribution is -2.68. The van der Waals surface area contributed by atoms with Gasteiger partial charge in [-0.25, -0.2) is 0 Å². The Morgan fingerprint density at radius 3 is 2.33 bits per heavy atom. The molecular weight excluding hydrogens is 596 g/mol. The molecule has 5 aliphatic carbocycles. The van der Waals surface area contributed by atoms with Gasteiger partial charge >= 0.3 is 11.9 Å². The summed E-state index contributed by atoms with van der Waals surface area (Å²) < 4.78 is 11.4. The van der Waals surface area contributed by atoms with Crippen molar-refractivity contribution in [2.24, 2.45) is 44.8 Å². The van der Waals surface area contributed by atoms with Crippen molar-refractivity contribution in [1.82, 2.24) is 0 Å². The number of aliphatic carboxylic acids is 1. The quantitative estimate of drug-likeness (QED) is 0.174. The number of carboxylic acids is 1. The zero-order valence-corrected chi connectivity index (χ0v) is 27.4. The number of ether oxygens (including phenoxy) is 2. The lowest BCUT2D eigenvalue weighted by atomic mass is 9.33. The summed E-state index contributed by atoms with van der Waals surface area (Å²) in [4.78, 5) is 26.9. The Morgan fingerprint density at radius 1 is 0.978 bits per heavy atom. The molecule has 4 saturated carbocycles. The first kappa shape index (κ1) is 34.0. The van der Waals surface area contributed by atoms with Crippen molar-refractivity contribution in [3.63, 3.8) is 0 Å². The minimum atomic E-state index is -1.69. The van der Waals surface area contributed by atoms with Crippen LogP contribution in [0.4, 0.5) is 0 Å². The van der Waals surface area contributed by atoms with Gasteiger partial charge in [-0.2, -0.15) is 0 Å². The second-order valence-electron chi connectivity index (χ2n) is 16.4. The highest BCUT2D eigenvalue weighted by atomic mass is 16.7. The van der Waals surface area contributed by atoms with Crippen LogP contribution in [0.25, 0.3) is 0 Å². The number of hydrogen-bond acceptors (Lipinski definition) is 10. The van der Waals surface area contributed by atoms with Crippen LogP contribution >= 0.6 is 0 Å². The molecule has 15 atom stereocenters. The fraction of sp³-hybridized carbons (Fsp3) is 0.829. The van der Waals surface area contributed by atoms with Crippen molar-refractivity contribution in [2.45, 2.75) is 128 Å². The van der Waals surface area contributed by atoms with Gasteiger partial charge in [0.1, 0.15) is 24.4 Å². The van der Waals surface area contributed by atoms with Crippen molar-refractivity contribution in [1.29, 1.82) is 0 Å². The second-order valence-corrected chi connectivity index (χ2v) is 16.4. The fourth-order valence-corrected chi connectivity index (χ4v) is 11.7. The van der Waals surface area contributed by atoms with Gasteiger partial charge in [0.05, 0.1) is 29.6 Å². The van der Waals surface area contributed by atoms with E-state index < -0.39 is 77.7 Å². The highest BCUT2D eigenvalue weighted by molar-refractivity contribution is 5.79. The van der Waals surface area contributed by atoms with Crippen LogP contribution in [0.2, 0.25) is 0 Å². The van der Waals surface area contributed by atoms with Crippen LogP contribution in [-0.2, 0) is 19.1 Å². The molecule has 6 aliphatic rings. The van der Waals surface area contributed by atoms with E-state index in [4.69, 9.17) is 9.47 Å². The van der Waals surface area contributed by atoms with Crippen LogP contribution in [0.5, 0.6) is 0 Å². The molecular formula is C35H52O11. The number of aliphatic hydroxyl groups is 6. The predicted octanol–water partition coefficient (Wildman–Crippen LogP) is 2.06. The predicted molar refractivity (Wildman–Crippen MR) is 164 cm³/mol. The van der Waals surface area contributed by atoms with Crippen LogP contribution in [0.15, 0.2) is 23.8 Å². The summed E-state index contributed by atoms with van der Waals surface area (Å²) in [7, 11) is 0. The molecule has 1 aliphatic heterocycles. The zero-order valence-electron chi connectivity index (χ0n) is 27.4. The van der Waals surface area contributed by atoms with Crippen molar-refractivity contribution >= 4 is 11.9 Å². The van der Waals surface area contributed by atoms with Crippen molar-refractivity contribution in [2.75, 3.05) is 6.61 Å². The maximum atomic E-state index is 14.3. The standard InChI is InChI=1S/C35H52O11/c1-17-8-11-35(30(44)46-28-26(40)25(39)24(38)21(16-36)45-28)13-12-32(3)18(19(35)14-17)6-7-22-31(2)15-20(37)27(41)34(5,29(42)43)23(31)9-10-33(22,32)4/h6,19-28,36-41H,1,7-16H2,2-5H3,(H,42,43). The lowest BCUT2D eigenvalue weighted by Gasteiger charge is -2.71. The molecule has 258 valence electrons. The Labute approximate surface area is 270 Å². The monoisotopic (exact) mass is 648 g/mol. The molecule has 0 spiro atoms. The number of carboxylic acid groups (broad SMARTS) is 1. The first-order valence-electron chi connectivity index (χ1n) is 16.9. The highest BCUT2D eigenvalue weighted by Gasteiger charge is 2.71. The summed E-state index contributed by atoms with van der Waals surface area (Å²) in [6.45, 7) is 11.9. The van der Waals surface area contributed by atoms with Crippen LogP contribution in [-0.4, -0.2) is 97.2 Å². The number of rotatable bonds is 4. The Bertz CT molecular complexity index is 1310. The average molecular weight is 649 g/mol. The minimum Gasteiger partial charge on any atom is -0.481 e. The molecule has 7 N–H and O–H groups in total. The highest BCUT2D eigenvalue weighted by Crippen LogP contribution is 2.75. The maximum absolute atomic E-state index is 14.3. The van der Waals surface area contributed by atoms with Crippen LogP contribution in [0.3, 0.4) is 0 Å². The van der Waals surface area contributed by atoms with E-state index in [1.165, 1.54) is 5.57 Å². The van der Waals surface area contributed by atoms with Crippen LogP contribution in [0.1, 0.15) is 85.5 Å². The molecule has 15 unspecified atom stereocenters. The van der Waals surface area contributed by atoms with Gasteiger partial charge in [-0.1, -0.05) is 44.6 Å². The number of aliphatic hydroxyl groups excluding tert-OH is 6. The molecule has 11 heteroatoms. The Hall–Kier alpha value is -1.86. The molecule has 0 radical (unpaired) electrons. The average Bonchev–Trinajstić information content (AvgIpc) is 3.00. The number of fused-ring (bicyclic) bond motifs is 7. The van der Waals surface area contributed by atoms with Crippen LogP contribution in [0, 0.1) is 44.8 Å². The summed E-state index contributed by atoms with van der Waals surface area (Å²) in [5.74, 6) is -2.14. The Morgan fingerprint density at radius 2 is 1.67 bits per heavy atom. The maximum Gasteiger partial charge on any atom is 0.315 e. The largest absolute Gasteiger partial charge is 0.481 e. The third kappa shape index (κ3) is 4.34. The smallest absolute Gasteiger partial charge is 0.315 e. The van der Waals surface area contributed by atoms with Crippen LogP contribution < -0.4 is 0 Å². The van der Waals surface area contributed by atoms with E-state index in [0.29, 0.717) is 51.4 Å². The normalized spacial score (nSPS) is 53.5. The van der Waals surface area contributed by atoms with Gasteiger partial charge in [0.15, 0.2) is 0 Å².